The lowest BCUT2D eigenvalue weighted by Gasteiger charge is -2.23. The molecule has 0 atom stereocenters. The molecule has 0 radical (unpaired) electrons. The molecule has 1 saturated heterocycles. The van der Waals surface area contributed by atoms with E-state index in [9.17, 15) is 4.79 Å². The Labute approximate surface area is 212 Å². The van der Waals surface area contributed by atoms with Crippen molar-refractivity contribution in [3.63, 3.8) is 0 Å². The first-order valence-electron chi connectivity index (χ1n) is 11.9. The Hall–Kier alpha value is -4.12. The number of anilines is 1. The maximum Gasteiger partial charge on any atom is 0.410 e. The van der Waals surface area contributed by atoms with E-state index < -0.39 is 0 Å². The number of nitriles is 1. The Kier molecular flexibility index (Phi) is 8.49. The van der Waals surface area contributed by atoms with Gasteiger partial charge in [0.25, 0.3) is 5.88 Å². The predicted molar refractivity (Wildman–Crippen MR) is 140 cm³/mol. The van der Waals surface area contributed by atoms with Crippen LogP contribution in [-0.2, 0) is 4.74 Å². The van der Waals surface area contributed by atoms with Crippen molar-refractivity contribution in [1.82, 2.24) is 14.9 Å². The number of nitrogen functional groups attached to an aromatic ring is 1. The molecule has 188 valence electrons. The normalized spacial score (nSPS) is 12.8. The molecular formula is C28H33N5O3. The number of benzene rings is 2. The second-order valence-corrected chi connectivity index (χ2v) is 9.55. The minimum Gasteiger partial charge on any atom is -0.478 e. The van der Waals surface area contributed by atoms with Gasteiger partial charge in [0, 0.05) is 24.2 Å². The standard InChI is InChI=1S/C19H16N4O.C9H17NO2/c1-12-3-7-14(8-4-12)16-17(23-19(24-2)18(21)22-16)15-9-5-13(11-20)6-10-15;1-9(2,3)12-8(11)10-6-4-5-7-10/h3-10H,1-2H3,(H2,21,22);4-7H2,1-3H3. The first kappa shape index (κ1) is 26.5. The van der Waals surface area contributed by atoms with Crippen LogP contribution in [0.5, 0.6) is 5.88 Å². The van der Waals surface area contributed by atoms with Crippen molar-refractivity contribution in [2.24, 2.45) is 0 Å². The molecule has 1 aromatic heterocycles. The van der Waals surface area contributed by atoms with E-state index in [2.05, 4.69) is 16.0 Å². The van der Waals surface area contributed by atoms with E-state index in [1.807, 2.05) is 64.1 Å². The summed E-state index contributed by atoms with van der Waals surface area (Å²) < 4.78 is 10.4. The molecule has 0 unspecified atom stereocenters. The third kappa shape index (κ3) is 6.95. The fourth-order valence-corrected chi connectivity index (χ4v) is 3.63. The van der Waals surface area contributed by atoms with Crippen LogP contribution in [0.25, 0.3) is 22.5 Å². The van der Waals surface area contributed by atoms with Gasteiger partial charge in [-0.2, -0.15) is 5.26 Å². The number of aromatic nitrogens is 2. The van der Waals surface area contributed by atoms with Gasteiger partial charge in [-0.05, 0) is 52.7 Å². The van der Waals surface area contributed by atoms with Crippen LogP contribution in [0.4, 0.5) is 10.6 Å². The molecule has 8 heteroatoms. The number of nitrogens with zero attached hydrogens (tertiary/aromatic N) is 4. The summed E-state index contributed by atoms with van der Waals surface area (Å²) >= 11 is 0. The van der Waals surface area contributed by atoms with Crippen molar-refractivity contribution in [3.05, 3.63) is 59.7 Å². The Morgan fingerprint density at radius 2 is 1.50 bits per heavy atom. The largest absolute Gasteiger partial charge is 0.478 e. The molecule has 1 aliphatic rings. The number of nitrogens with two attached hydrogens (primary N) is 1. The van der Waals surface area contributed by atoms with E-state index in [0.29, 0.717) is 17.0 Å². The first-order valence-corrected chi connectivity index (χ1v) is 11.9. The molecule has 1 aliphatic heterocycles. The summed E-state index contributed by atoms with van der Waals surface area (Å²) in [5, 5.41) is 8.96. The van der Waals surface area contributed by atoms with Gasteiger partial charge in [0.05, 0.1) is 24.4 Å². The molecule has 2 N–H and O–H groups in total. The number of carbonyl (C=O) groups excluding carboxylic acids is 1. The highest BCUT2D eigenvalue weighted by Crippen LogP contribution is 2.33. The second-order valence-electron chi connectivity index (χ2n) is 9.55. The van der Waals surface area contributed by atoms with Crippen LogP contribution >= 0.6 is 0 Å². The lowest BCUT2D eigenvalue weighted by Crippen LogP contribution is -2.34. The average molecular weight is 488 g/mol. The molecule has 3 aromatic rings. The zero-order chi connectivity index (χ0) is 26.3. The molecular weight excluding hydrogens is 454 g/mol. The van der Waals surface area contributed by atoms with Crippen molar-refractivity contribution in [3.8, 4) is 34.5 Å². The summed E-state index contributed by atoms with van der Waals surface area (Å²) in [6.45, 7) is 9.41. The molecule has 0 bridgehead atoms. The van der Waals surface area contributed by atoms with Crippen molar-refractivity contribution in [2.45, 2.75) is 46.1 Å². The van der Waals surface area contributed by atoms with Gasteiger partial charge in [-0.25, -0.2) is 14.8 Å². The minimum atomic E-state index is -0.361. The molecule has 0 saturated carbocycles. The second kappa shape index (κ2) is 11.5. The van der Waals surface area contributed by atoms with Crippen LogP contribution in [-0.4, -0.2) is 46.8 Å². The Bertz CT molecular complexity index is 1220. The molecule has 2 heterocycles. The number of likely N-dealkylation sites (tertiary alicyclic amines) is 1. The first-order chi connectivity index (χ1) is 17.1. The summed E-state index contributed by atoms with van der Waals surface area (Å²) in [6.07, 6.45) is 2.05. The summed E-state index contributed by atoms with van der Waals surface area (Å²) in [4.78, 5) is 22.1. The van der Waals surface area contributed by atoms with E-state index in [1.165, 1.54) is 7.11 Å². The van der Waals surface area contributed by atoms with Gasteiger partial charge in [0.1, 0.15) is 11.3 Å². The maximum absolute atomic E-state index is 11.4. The summed E-state index contributed by atoms with van der Waals surface area (Å²) in [5.74, 6) is 0.524. The summed E-state index contributed by atoms with van der Waals surface area (Å²) in [5.41, 5.74) is 10.4. The number of aryl methyl sites for hydroxylation is 1. The topological polar surface area (TPSA) is 114 Å². The van der Waals surface area contributed by atoms with Crippen molar-refractivity contribution < 1.29 is 14.3 Å². The molecule has 1 amide bonds. The quantitative estimate of drug-likeness (QED) is 0.511. The summed E-state index contributed by atoms with van der Waals surface area (Å²) in [6, 6.07) is 17.3. The molecule has 0 aliphatic carbocycles. The van der Waals surface area contributed by atoms with Gasteiger partial charge in [0.2, 0.25) is 0 Å². The third-order valence-electron chi connectivity index (χ3n) is 5.45. The fraction of sp³-hybridized carbons (Fsp3) is 0.357. The minimum absolute atomic E-state index is 0.167. The monoisotopic (exact) mass is 487 g/mol. The number of ether oxygens (including phenoxy) is 2. The van der Waals surface area contributed by atoms with Gasteiger partial charge < -0.3 is 20.1 Å². The van der Waals surface area contributed by atoms with Gasteiger partial charge in [0.15, 0.2) is 5.82 Å². The Morgan fingerprint density at radius 3 is 2.00 bits per heavy atom. The molecule has 2 aromatic carbocycles. The van der Waals surface area contributed by atoms with Crippen molar-refractivity contribution in [1.29, 1.82) is 5.26 Å². The molecule has 0 spiro atoms. The van der Waals surface area contributed by atoms with Crippen LogP contribution in [0.2, 0.25) is 0 Å². The Morgan fingerprint density at radius 1 is 0.972 bits per heavy atom. The lowest BCUT2D eigenvalue weighted by atomic mass is 10.0. The lowest BCUT2D eigenvalue weighted by molar-refractivity contribution is 0.0295. The van der Waals surface area contributed by atoms with Crippen molar-refractivity contribution in [2.75, 3.05) is 25.9 Å². The van der Waals surface area contributed by atoms with Crippen LogP contribution in [0.15, 0.2) is 48.5 Å². The van der Waals surface area contributed by atoms with E-state index in [4.69, 9.17) is 20.5 Å². The Balaban J connectivity index is 0.000000253. The van der Waals surface area contributed by atoms with Crippen molar-refractivity contribution >= 4 is 11.9 Å². The zero-order valence-corrected chi connectivity index (χ0v) is 21.5. The smallest absolute Gasteiger partial charge is 0.410 e. The molecule has 36 heavy (non-hydrogen) atoms. The number of methoxy groups -OCH3 is 1. The van der Waals surface area contributed by atoms with Crippen LogP contribution in [0.3, 0.4) is 0 Å². The number of amides is 1. The molecule has 4 rings (SSSR count). The zero-order valence-electron chi connectivity index (χ0n) is 21.5. The predicted octanol–water partition coefficient (Wildman–Crippen LogP) is 5.60. The van der Waals surface area contributed by atoms with Gasteiger partial charge >= 0.3 is 6.09 Å². The third-order valence-corrected chi connectivity index (χ3v) is 5.45. The van der Waals surface area contributed by atoms with E-state index >= 15 is 0 Å². The van der Waals surface area contributed by atoms with Gasteiger partial charge in [-0.15, -0.1) is 0 Å². The highest BCUT2D eigenvalue weighted by Gasteiger charge is 2.24. The highest BCUT2D eigenvalue weighted by molar-refractivity contribution is 5.80. The van der Waals surface area contributed by atoms with Gasteiger partial charge in [-0.3, -0.25) is 0 Å². The summed E-state index contributed by atoms with van der Waals surface area (Å²) in [7, 11) is 1.51. The van der Waals surface area contributed by atoms with Crippen LogP contribution in [0.1, 0.15) is 44.7 Å². The SMILES string of the molecule is CC(C)(C)OC(=O)N1CCCC1.COc1nc(-c2ccc(C#N)cc2)c(-c2ccc(C)cc2)nc1N. The number of carbonyl (C=O) groups is 1. The maximum atomic E-state index is 11.4. The van der Waals surface area contributed by atoms with Crippen LogP contribution < -0.4 is 10.5 Å². The number of rotatable bonds is 3. The van der Waals surface area contributed by atoms with E-state index in [-0.39, 0.29) is 23.4 Å². The van der Waals surface area contributed by atoms with Crippen LogP contribution in [0, 0.1) is 18.3 Å². The number of hydrogen-bond donors (Lipinski definition) is 1. The van der Waals surface area contributed by atoms with E-state index in [0.717, 1.165) is 42.6 Å². The molecule has 1 fully saturated rings. The van der Waals surface area contributed by atoms with Gasteiger partial charge in [-0.1, -0.05) is 42.0 Å². The number of hydrogen-bond acceptors (Lipinski definition) is 7. The molecule has 8 nitrogen and oxygen atoms in total. The van der Waals surface area contributed by atoms with E-state index in [1.54, 1.807) is 17.0 Å². The fourth-order valence-electron chi connectivity index (χ4n) is 3.63. The average Bonchev–Trinajstić information content (AvgIpc) is 3.39. The highest BCUT2D eigenvalue weighted by atomic mass is 16.6.